The molecule has 1 aromatic rings. The summed E-state index contributed by atoms with van der Waals surface area (Å²) < 4.78 is 0. The van der Waals surface area contributed by atoms with Gasteiger partial charge in [-0.3, -0.25) is 34.3 Å². The molecule has 3 aliphatic rings. The van der Waals surface area contributed by atoms with Gasteiger partial charge in [-0.1, -0.05) is 0 Å². The van der Waals surface area contributed by atoms with E-state index in [9.17, 15) is 19.2 Å². The van der Waals surface area contributed by atoms with Crippen LogP contribution in [0.3, 0.4) is 0 Å². The Morgan fingerprint density at radius 2 is 1.65 bits per heavy atom. The molecular formula is C19H21N3O4. The summed E-state index contributed by atoms with van der Waals surface area (Å²) in [6.45, 7) is 5.94. The maximum Gasteiger partial charge on any atom is 0.262 e. The van der Waals surface area contributed by atoms with Crippen LogP contribution in [-0.2, 0) is 22.6 Å². The van der Waals surface area contributed by atoms with Gasteiger partial charge < -0.3 is 0 Å². The maximum absolute atomic E-state index is 12.9. The van der Waals surface area contributed by atoms with Crippen molar-refractivity contribution in [2.24, 2.45) is 0 Å². The monoisotopic (exact) mass is 355 g/mol. The Morgan fingerprint density at radius 3 is 2.27 bits per heavy atom. The number of nitrogens with one attached hydrogen (secondary N) is 1. The summed E-state index contributed by atoms with van der Waals surface area (Å²) in [6.07, 6.45) is 1.14. The molecule has 0 saturated carbocycles. The van der Waals surface area contributed by atoms with Crippen molar-refractivity contribution in [2.45, 2.75) is 51.7 Å². The Hall–Kier alpha value is -2.54. The van der Waals surface area contributed by atoms with Crippen LogP contribution < -0.4 is 5.32 Å². The zero-order valence-electron chi connectivity index (χ0n) is 14.9. The lowest BCUT2D eigenvalue weighted by atomic mass is 9.94. The second-order valence-electron chi connectivity index (χ2n) is 7.43. The molecule has 0 bridgehead atoms. The lowest BCUT2D eigenvalue weighted by Gasteiger charge is -2.32. The molecule has 26 heavy (non-hydrogen) atoms. The largest absolute Gasteiger partial charge is 0.296 e. The smallest absolute Gasteiger partial charge is 0.262 e. The van der Waals surface area contributed by atoms with E-state index in [2.05, 4.69) is 24.1 Å². The van der Waals surface area contributed by atoms with Crippen molar-refractivity contribution in [2.75, 3.05) is 6.54 Å². The normalized spacial score (nSPS) is 23.3. The van der Waals surface area contributed by atoms with Gasteiger partial charge in [-0.15, -0.1) is 0 Å². The highest BCUT2D eigenvalue weighted by Crippen LogP contribution is 2.32. The van der Waals surface area contributed by atoms with Crippen molar-refractivity contribution in [1.29, 1.82) is 0 Å². The Bertz CT molecular complexity index is 845. The molecule has 7 heteroatoms. The second-order valence-corrected chi connectivity index (χ2v) is 7.43. The summed E-state index contributed by atoms with van der Waals surface area (Å²) in [5, 5.41) is 2.22. The molecule has 0 aromatic heterocycles. The van der Waals surface area contributed by atoms with E-state index in [-0.39, 0.29) is 18.7 Å². The molecule has 1 unspecified atom stereocenters. The van der Waals surface area contributed by atoms with Crippen molar-refractivity contribution in [3.05, 3.63) is 34.4 Å². The Labute approximate surface area is 151 Å². The van der Waals surface area contributed by atoms with E-state index < -0.39 is 23.8 Å². The fraction of sp³-hybridized carbons (Fsp3) is 0.474. The zero-order chi connectivity index (χ0) is 18.6. The minimum atomic E-state index is -0.913. The van der Waals surface area contributed by atoms with E-state index in [4.69, 9.17) is 0 Å². The van der Waals surface area contributed by atoms with Crippen molar-refractivity contribution in [3.63, 3.8) is 0 Å². The number of imide groups is 2. The van der Waals surface area contributed by atoms with Gasteiger partial charge in [0.05, 0.1) is 11.1 Å². The van der Waals surface area contributed by atoms with Gasteiger partial charge in [0, 0.05) is 25.6 Å². The van der Waals surface area contributed by atoms with Gasteiger partial charge in [-0.2, -0.15) is 0 Å². The molecule has 3 aliphatic heterocycles. The lowest BCUT2D eigenvalue weighted by molar-refractivity contribution is -0.136. The highest BCUT2D eigenvalue weighted by Gasteiger charge is 2.45. The number of piperidine rings is 1. The average Bonchev–Trinajstić information content (AvgIpc) is 2.84. The first kappa shape index (κ1) is 16.9. The minimum Gasteiger partial charge on any atom is -0.296 e. The summed E-state index contributed by atoms with van der Waals surface area (Å²) in [4.78, 5) is 52.5. The van der Waals surface area contributed by atoms with E-state index in [0.717, 1.165) is 35.5 Å². The van der Waals surface area contributed by atoms with Crippen LogP contribution in [0.2, 0.25) is 0 Å². The van der Waals surface area contributed by atoms with E-state index in [1.807, 2.05) is 12.1 Å². The van der Waals surface area contributed by atoms with Gasteiger partial charge in [0.1, 0.15) is 6.04 Å². The lowest BCUT2D eigenvalue weighted by Crippen LogP contribution is -2.54. The summed E-state index contributed by atoms with van der Waals surface area (Å²) >= 11 is 0. The predicted octanol–water partition coefficient (Wildman–Crippen LogP) is 0.854. The molecule has 0 spiro atoms. The average molecular weight is 355 g/mol. The van der Waals surface area contributed by atoms with E-state index in [0.29, 0.717) is 17.2 Å². The van der Waals surface area contributed by atoms with Gasteiger partial charge in [-0.05, 0) is 49.9 Å². The van der Waals surface area contributed by atoms with Crippen LogP contribution in [0.15, 0.2) is 12.1 Å². The highest BCUT2D eigenvalue weighted by atomic mass is 16.2. The fourth-order valence-electron chi connectivity index (χ4n) is 3.99. The SMILES string of the molecule is CC(C)N1CCc2cc3c(cc2C1)C(=O)N(C1CCC(=O)NC1=O)C3=O. The third kappa shape index (κ3) is 2.54. The first-order valence-corrected chi connectivity index (χ1v) is 8.98. The summed E-state index contributed by atoms with van der Waals surface area (Å²) in [7, 11) is 0. The first-order valence-electron chi connectivity index (χ1n) is 8.98. The molecule has 1 N–H and O–H groups in total. The van der Waals surface area contributed by atoms with Gasteiger partial charge >= 0.3 is 0 Å². The number of hydrogen-bond acceptors (Lipinski definition) is 5. The number of benzene rings is 1. The number of rotatable bonds is 2. The highest BCUT2D eigenvalue weighted by molar-refractivity contribution is 6.23. The van der Waals surface area contributed by atoms with Gasteiger partial charge in [0.25, 0.3) is 11.8 Å². The molecule has 7 nitrogen and oxygen atoms in total. The molecule has 1 aromatic carbocycles. The minimum absolute atomic E-state index is 0.129. The zero-order valence-corrected chi connectivity index (χ0v) is 14.9. The van der Waals surface area contributed by atoms with Gasteiger partial charge in [0.15, 0.2) is 0 Å². The van der Waals surface area contributed by atoms with Crippen LogP contribution in [-0.4, -0.2) is 52.1 Å². The molecule has 0 radical (unpaired) electrons. The molecular weight excluding hydrogens is 334 g/mol. The topological polar surface area (TPSA) is 86.8 Å². The maximum atomic E-state index is 12.9. The second kappa shape index (κ2) is 6.02. The molecule has 4 amide bonds. The van der Waals surface area contributed by atoms with Crippen molar-refractivity contribution in [3.8, 4) is 0 Å². The predicted molar refractivity (Wildman–Crippen MR) is 92.4 cm³/mol. The molecule has 136 valence electrons. The Morgan fingerprint density at radius 1 is 1.00 bits per heavy atom. The Balaban J connectivity index is 1.67. The van der Waals surface area contributed by atoms with E-state index in [1.165, 1.54) is 0 Å². The molecule has 1 saturated heterocycles. The van der Waals surface area contributed by atoms with Crippen LogP contribution in [0.1, 0.15) is 58.5 Å². The summed E-state index contributed by atoms with van der Waals surface area (Å²) in [6, 6.07) is 3.12. The molecule has 0 aliphatic carbocycles. The van der Waals surface area contributed by atoms with Crippen LogP contribution in [0.25, 0.3) is 0 Å². The van der Waals surface area contributed by atoms with E-state index >= 15 is 0 Å². The number of amides is 4. The quantitative estimate of drug-likeness (QED) is 0.795. The Kier molecular flexibility index (Phi) is 3.91. The number of nitrogens with zero attached hydrogens (tertiary/aromatic N) is 2. The third-order valence-electron chi connectivity index (χ3n) is 5.53. The van der Waals surface area contributed by atoms with Crippen molar-refractivity contribution in [1.82, 2.24) is 15.1 Å². The van der Waals surface area contributed by atoms with Gasteiger partial charge in [0.2, 0.25) is 11.8 Å². The number of fused-ring (bicyclic) bond motifs is 2. The number of carbonyl (C=O) groups is 4. The van der Waals surface area contributed by atoms with Crippen molar-refractivity contribution >= 4 is 23.6 Å². The van der Waals surface area contributed by atoms with Crippen LogP contribution in [0, 0.1) is 0 Å². The first-order chi connectivity index (χ1) is 12.4. The van der Waals surface area contributed by atoms with Gasteiger partial charge in [-0.25, -0.2) is 0 Å². The van der Waals surface area contributed by atoms with Crippen LogP contribution >= 0.6 is 0 Å². The third-order valence-corrected chi connectivity index (χ3v) is 5.53. The molecule has 1 fully saturated rings. The molecule has 4 rings (SSSR count). The van der Waals surface area contributed by atoms with Crippen molar-refractivity contribution < 1.29 is 19.2 Å². The molecule has 1 atom stereocenters. The number of hydrogen-bond donors (Lipinski definition) is 1. The van der Waals surface area contributed by atoms with Crippen LogP contribution in [0.5, 0.6) is 0 Å². The summed E-state index contributed by atoms with van der Waals surface area (Å²) in [5.41, 5.74) is 2.89. The number of carbonyl (C=O) groups excluding carboxylic acids is 4. The van der Waals surface area contributed by atoms with Crippen LogP contribution in [0.4, 0.5) is 0 Å². The standard InChI is InChI=1S/C19H21N3O4/c1-10(2)21-6-5-11-7-13-14(8-12(11)9-21)19(26)22(18(13)25)15-3-4-16(23)20-17(15)24/h7-8,10,15H,3-6,9H2,1-2H3,(H,20,23,24). The summed E-state index contributed by atoms with van der Waals surface area (Å²) in [5.74, 6) is -1.82. The fourth-order valence-corrected chi connectivity index (χ4v) is 3.99. The molecule has 3 heterocycles. The van der Waals surface area contributed by atoms with E-state index in [1.54, 1.807) is 0 Å².